The number of ether oxygens (including phenoxy) is 2. The van der Waals surface area contributed by atoms with Gasteiger partial charge in [0.1, 0.15) is 11.5 Å². The fraction of sp³-hybridized carbons (Fsp3) is 0.143. The summed E-state index contributed by atoms with van der Waals surface area (Å²) in [5.41, 5.74) is 6.14. The van der Waals surface area contributed by atoms with Gasteiger partial charge in [-0.2, -0.15) is 0 Å². The lowest BCUT2D eigenvalue weighted by Crippen LogP contribution is -2.15. The molecule has 0 unspecified atom stereocenters. The van der Waals surface area contributed by atoms with Crippen LogP contribution in [-0.4, -0.2) is 25.1 Å². The Kier molecular flexibility index (Phi) is 4.49. The summed E-state index contributed by atoms with van der Waals surface area (Å²) < 4.78 is 10.3. The molecule has 1 heterocycles. The van der Waals surface area contributed by atoms with Crippen LogP contribution in [0.4, 0.5) is 11.5 Å². The number of amides is 1. The molecule has 0 aliphatic rings. The fourth-order valence-corrected chi connectivity index (χ4v) is 1.91. The molecule has 0 fully saturated rings. The van der Waals surface area contributed by atoms with E-state index in [4.69, 9.17) is 26.8 Å². The number of nitrogen functional groups attached to an aromatic ring is 1. The third-order valence-corrected chi connectivity index (χ3v) is 3.03. The summed E-state index contributed by atoms with van der Waals surface area (Å²) in [4.78, 5) is 16.1. The molecule has 1 aromatic carbocycles. The molecule has 6 nitrogen and oxygen atoms in total. The molecule has 7 heteroatoms. The predicted molar refractivity (Wildman–Crippen MR) is 81.2 cm³/mol. The van der Waals surface area contributed by atoms with Crippen LogP contribution in [0.5, 0.6) is 11.5 Å². The Bertz CT molecular complexity index is 677. The average Bonchev–Trinajstić information content (AvgIpc) is 2.49. The van der Waals surface area contributed by atoms with Crippen LogP contribution >= 0.6 is 11.6 Å². The van der Waals surface area contributed by atoms with E-state index in [-0.39, 0.29) is 16.5 Å². The Balaban J connectivity index is 2.25. The maximum atomic E-state index is 12.2. The number of halogens is 1. The first-order valence-electron chi connectivity index (χ1n) is 6.00. The Morgan fingerprint density at radius 3 is 2.57 bits per heavy atom. The number of methoxy groups -OCH3 is 2. The van der Waals surface area contributed by atoms with Gasteiger partial charge in [0.2, 0.25) is 0 Å². The first kappa shape index (κ1) is 14.9. The second-order valence-corrected chi connectivity index (χ2v) is 4.50. The number of nitrogens with zero attached hydrogens (tertiary/aromatic N) is 1. The standard InChI is InChI=1S/C14H14ClN3O3/c1-20-10-5-3-8(7-11(10)21-2)17-14(19)13-9(15)4-6-12(16)18-13/h3-7H,1-2H3,(H2,16,18)(H,17,19). The molecular weight excluding hydrogens is 294 g/mol. The van der Waals surface area contributed by atoms with Gasteiger partial charge in [0, 0.05) is 11.8 Å². The monoisotopic (exact) mass is 307 g/mol. The maximum Gasteiger partial charge on any atom is 0.275 e. The second-order valence-electron chi connectivity index (χ2n) is 4.09. The van der Waals surface area contributed by atoms with E-state index in [1.165, 1.54) is 26.4 Å². The van der Waals surface area contributed by atoms with Gasteiger partial charge in [-0.3, -0.25) is 4.79 Å². The summed E-state index contributed by atoms with van der Waals surface area (Å²) >= 11 is 5.94. The number of hydrogen-bond acceptors (Lipinski definition) is 5. The van der Waals surface area contributed by atoms with Crippen molar-refractivity contribution >= 4 is 29.0 Å². The number of hydrogen-bond donors (Lipinski definition) is 2. The number of nitrogens with two attached hydrogens (primary N) is 1. The lowest BCUT2D eigenvalue weighted by molar-refractivity contribution is 0.102. The lowest BCUT2D eigenvalue weighted by Gasteiger charge is -2.11. The highest BCUT2D eigenvalue weighted by atomic mass is 35.5. The van der Waals surface area contributed by atoms with Gasteiger partial charge in [-0.05, 0) is 24.3 Å². The molecule has 0 atom stereocenters. The van der Waals surface area contributed by atoms with Crippen LogP contribution in [0, 0.1) is 0 Å². The first-order chi connectivity index (χ1) is 10.0. The molecule has 0 spiro atoms. The largest absolute Gasteiger partial charge is 0.493 e. The number of benzene rings is 1. The summed E-state index contributed by atoms with van der Waals surface area (Å²) in [5, 5.41) is 2.90. The van der Waals surface area contributed by atoms with Crippen molar-refractivity contribution in [3.8, 4) is 11.5 Å². The zero-order valence-corrected chi connectivity index (χ0v) is 12.3. The van der Waals surface area contributed by atoms with Crippen molar-refractivity contribution in [2.75, 3.05) is 25.3 Å². The molecule has 1 aromatic heterocycles. The van der Waals surface area contributed by atoms with Crippen molar-refractivity contribution in [3.05, 3.63) is 41.0 Å². The number of nitrogens with one attached hydrogen (secondary N) is 1. The highest BCUT2D eigenvalue weighted by molar-refractivity contribution is 6.34. The molecular formula is C14H14ClN3O3. The molecule has 0 bridgehead atoms. The van der Waals surface area contributed by atoms with Crippen LogP contribution in [0.1, 0.15) is 10.5 Å². The molecule has 0 saturated heterocycles. The van der Waals surface area contributed by atoms with E-state index < -0.39 is 5.91 Å². The number of carbonyl (C=O) groups is 1. The quantitative estimate of drug-likeness (QED) is 0.906. The highest BCUT2D eigenvalue weighted by Gasteiger charge is 2.14. The summed E-state index contributed by atoms with van der Waals surface area (Å²) in [7, 11) is 3.05. The highest BCUT2D eigenvalue weighted by Crippen LogP contribution is 2.30. The molecule has 2 rings (SSSR count). The van der Waals surface area contributed by atoms with E-state index >= 15 is 0 Å². The zero-order chi connectivity index (χ0) is 15.4. The Morgan fingerprint density at radius 1 is 1.19 bits per heavy atom. The van der Waals surface area contributed by atoms with Gasteiger partial charge in [0.05, 0.1) is 19.2 Å². The number of aromatic nitrogens is 1. The van der Waals surface area contributed by atoms with Gasteiger partial charge in [-0.1, -0.05) is 11.6 Å². The van der Waals surface area contributed by atoms with Crippen LogP contribution in [0.25, 0.3) is 0 Å². The Morgan fingerprint density at radius 2 is 1.90 bits per heavy atom. The molecule has 21 heavy (non-hydrogen) atoms. The van der Waals surface area contributed by atoms with Crippen molar-refractivity contribution in [3.63, 3.8) is 0 Å². The van der Waals surface area contributed by atoms with E-state index in [1.807, 2.05) is 0 Å². The average molecular weight is 308 g/mol. The zero-order valence-electron chi connectivity index (χ0n) is 11.5. The van der Waals surface area contributed by atoms with Crippen LogP contribution in [0.2, 0.25) is 5.02 Å². The van der Waals surface area contributed by atoms with E-state index in [9.17, 15) is 4.79 Å². The topological polar surface area (TPSA) is 86.5 Å². The molecule has 3 N–H and O–H groups in total. The van der Waals surface area contributed by atoms with Crippen LogP contribution in [0.15, 0.2) is 30.3 Å². The number of carbonyl (C=O) groups excluding carboxylic acids is 1. The van der Waals surface area contributed by atoms with Crippen molar-refractivity contribution in [1.29, 1.82) is 0 Å². The first-order valence-corrected chi connectivity index (χ1v) is 6.38. The minimum Gasteiger partial charge on any atom is -0.493 e. The molecule has 0 saturated carbocycles. The van der Waals surface area contributed by atoms with Crippen molar-refractivity contribution < 1.29 is 14.3 Å². The summed E-state index contributed by atoms with van der Waals surface area (Å²) in [6.45, 7) is 0. The van der Waals surface area contributed by atoms with E-state index in [0.717, 1.165) is 0 Å². The van der Waals surface area contributed by atoms with Crippen LogP contribution in [0.3, 0.4) is 0 Å². The van der Waals surface area contributed by atoms with Crippen molar-refractivity contribution in [2.45, 2.75) is 0 Å². The van der Waals surface area contributed by atoms with Gasteiger partial charge in [-0.15, -0.1) is 0 Å². The van der Waals surface area contributed by atoms with Gasteiger partial charge in [0.15, 0.2) is 11.5 Å². The smallest absolute Gasteiger partial charge is 0.275 e. The van der Waals surface area contributed by atoms with Gasteiger partial charge in [0.25, 0.3) is 5.91 Å². The summed E-state index contributed by atoms with van der Waals surface area (Å²) in [6.07, 6.45) is 0. The van der Waals surface area contributed by atoms with E-state index in [2.05, 4.69) is 10.3 Å². The molecule has 0 aliphatic carbocycles. The third-order valence-electron chi connectivity index (χ3n) is 2.72. The number of anilines is 2. The van der Waals surface area contributed by atoms with Crippen molar-refractivity contribution in [2.24, 2.45) is 0 Å². The third kappa shape index (κ3) is 3.35. The lowest BCUT2D eigenvalue weighted by atomic mass is 10.2. The van der Waals surface area contributed by atoms with Gasteiger partial charge >= 0.3 is 0 Å². The van der Waals surface area contributed by atoms with E-state index in [1.54, 1.807) is 18.2 Å². The second kappa shape index (κ2) is 6.32. The molecule has 0 radical (unpaired) electrons. The number of pyridine rings is 1. The predicted octanol–water partition coefficient (Wildman–Crippen LogP) is 2.59. The minimum absolute atomic E-state index is 0.0615. The SMILES string of the molecule is COc1ccc(NC(=O)c2nc(N)ccc2Cl)cc1OC. The van der Waals surface area contributed by atoms with Gasteiger partial charge in [-0.25, -0.2) is 4.98 Å². The van der Waals surface area contributed by atoms with Crippen LogP contribution < -0.4 is 20.5 Å². The maximum absolute atomic E-state index is 12.2. The molecule has 0 aliphatic heterocycles. The molecule has 2 aromatic rings. The minimum atomic E-state index is -0.459. The van der Waals surface area contributed by atoms with Crippen LogP contribution in [-0.2, 0) is 0 Å². The Labute approximate surface area is 126 Å². The molecule has 1 amide bonds. The summed E-state index contributed by atoms with van der Waals surface area (Å²) in [5.74, 6) is 0.828. The van der Waals surface area contributed by atoms with E-state index in [0.29, 0.717) is 17.2 Å². The Hall–Kier alpha value is -2.47. The van der Waals surface area contributed by atoms with Crippen molar-refractivity contribution in [1.82, 2.24) is 4.98 Å². The normalized spacial score (nSPS) is 10.0. The summed E-state index contributed by atoms with van der Waals surface area (Å²) in [6, 6.07) is 8.04. The van der Waals surface area contributed by atoms with Gasteiger partial charge < -0.3 is 20.5 Å². The fourth-order valence-electron chi connectivity index (χ4n) is 1.72. The molecule has 110 valence electrons. The number of rotatable bonds is 4.